The molecule has 0 saturated heterocycles. The standard InChI is InChI=1S/C19H21N3O3/c1-4-24-19(23)16-6-5-7-17(14(16)3)25-15-8-10-20-18(12-15)22-11-9-13(2)21-22/h5-13,21H,4H2,1-3H3. The molecule has 1 N–H and O–H groups in total. The van der Waals surface area contributed by atoms with Crippen molar-refractivity contribution in [3.8, 4) is 11.5 Å². The number of hydrazine groups is 1. The molecule has 0 spiro atoms. The van der Waals surface area contributed by atoms with Gasteiger partial charge < -0.3 is 9.47 Å². The predicted molar refractivity (Wildman–Crippen MR) is 95.7 cm³/mol. The van der Waals surface area contributed by atoms with E-state index >= 15 is 0 Å². The molecule has 0 radical (unpaired) electrons. The minimum atomic E-state index is -0.346. The average Bonchev–Trinajstić information content (AvgIpc) is 3.04. The van der Waals surface area contributed by atoms with Gasteiger partial charge in [0, 0.05) is 30.1 Å². The molecular weight excluding hydrogens is 318 g/mol. The molecule has 1 aliphatic rings. The lowest BCUT2D eigenvalue weighted by atomic mass is 10.1. The number of benzene rings is 1. The second-order valence-electron chi connectivity index (χ2n) is 5.73. The summed E-state index contributed by atoms with van der Waals surface area (Å²) in [7, 11) is 0. The lowest BCUT2D eigenvalue weighted by Crippen LogP contribution is -2.33. The van der Waals surface area contributed by atoms with Gasteiger partial charge in [-0.3, -0.25) is 5.01 Å². The van der Waals surface area contributed by atoms with Crippen LogP contribution >= 0.6 is 0 Å². The highest BCUT2D eigenvalue weighted by atomic mass is 16.5. The van der Waals surface area contributed by atoms with E-state index in [9.17, 15) is 4.79 Å². The molecule has 3 rings (SSSR count). The molecule has 1 aliphatic heterocycles. The fraction of sp³-hybridized carbons (Fsp3) is 0.263. The van der Waals surface area contributed by atoms with Gasteiger partial charge in [-0.25, -0.2) is 15.2 Å². The minimum absolute atomic E-state index is 0.259. The molecule has 130 valence electrons. The van der Waals surface area contributed by atoms with Gasteiger partial charge in [0.05, 0.1) is 12.2 Å². The number of rotatable bonds is 5. The van der Waals surface area contributed by atoms with E-state index in [1.165, 1.54) is 0 Å². The van der Waals surface area contributed by atoms with Gasteiger partial charge in [-0.2, -0.15) is 0 Å². The average molecular weight is 339 g/mol. The molecule has 0 amide bonds. The molecule has 1 unspecified atom stereocenters. The Kier molecular flexibility index (Phi) is 5.00. The van der Waals surface area contributed by atoms with Crippen LogP contribution in [0.3, 0.4) is 0 Å². The Morgan fingerprint density at radius 2 is 2.20 bits per heavy atom. The van der Waals surface area contributed by atoms with E-state index in [1.807, 2.05) is 36.3 Å². The van der Waals surface area contributed by atoms with E-state index in [2.05, 4.69) is 17.3 Å². The number of hydrogen-bond donors (Lipinski definition) is 1. The molecule has 0 saturated carbocycles. The number of nitrogens with one attached hydrogen (secondary N) is 1. The molecule has 2 aromatic rings. The maximum absolute atomic E-state index is 12.0. The van der Waals surface area contributed by atoms with Crippen LogP contribution in [0.5, 0.6) is 11.5 Å². The molecule has 1 aromatic heterocycles. The van der Waals surface area contributed by atoms with Crippen LogP contribution in [0.2, 0.25) is 0 Å². The monoisotopic (exact) mass is 339 g/mol. The van der Waals surface area contributed by atoms with Crippen LogP contribution in [0.4, 0.5) is 5.82 Å². The van der Waals surface area contributed by atoms with Gasteiger partial charge in [-0.1, -0.05) is 6.07 Å². The number of aromatic nitrogens is 1. The molecule has 0 bridgehead atoms. The third kappa shape index (κ3) is 3.80. The van der Waals surface area contributed by atoms with Crippen LogP contribution in [0.25, 0.3) is 0 Å². The highest BCUT2D eigenvalue weighted by molar-refractivity contribution is 5.91. The minimum Gasteiger partial charge on any atom is -0.462 e. The maximum Gasteiger partial charge on any atom is 0.338 e. The van der Waals surface area contributed by atoms with Crippen molar-refractivity contribution in [3.63, 3.8) is 0 Å². The summed E-state index contributed by atoms with van der Waals surface area (Å²) in [6.07, 6.45) is 5.67. The Balaban J connectivity index is 1.82. The van der Waals surface area contributed by atoms with Crippen molar-refractivity contribution < 1.29 is 14.3 Å². The first-order chi connectivity index (χ1) is 12.1. The van der Waals surface area contributed by atoms with Crippen molar-refractivity contribution in [1.29, 1.82) is 0 Å². The molecule has 6 nitrogen and oxygen atoms in total. The Morgan fingerprint density at radius 1 is 1.36 bits per heavy atom. The van der Waals surface area contributed by atoms with Crippen LogP contribution in [0.1, 0.15) is 29.8 Å². The second-order valence-corrected chi connectivity index (χ2v) is 5.73. The van der Waals surface area contributed by atoms with Gasteiger partial charge in [0.15, 0.2) is 5.82 Å². The number of pyridine rings is 1. The van der Waals surface area contributed by atoms with Gasteiger partial charge in [0.2, 0.25) is 0 Å². The number of ether oxygens (including phenoxy) is 2. The maximum atomic E-state index is 12.0. The van der Waals surface area contributed by atoms with E-state index in [0.717, 1.165) is 11.4 Å². The predicted octanol–water partition coefficient (Wildman–Crippen LogP) is 3.59. The number of carbonyl (C=O) groups excluding carboxylic acids is 1. The molecule has 2 heterocycles. The Bertz CT molecular complexity index is 804. The van der Waals surface area contributed by atoms with Crippen molar-refractivity contribution in [2.45, 2.75) is 26.8 Å². The normalized spacial score (nSPS) is 16.1. The topological polar surface area (TPSA) is 63.7 Å². The first-order valence-corrected chi connectivity index (χ1v) is 8.23. The summed E-state index contributed by atoms with van der Waals surface area (Å²) in [6.45, 7) is 6.02. The largest absolute Gasteiger partial charge is 0.462 e. The van der Waals surface area contributed by atoms with Crippen molar-refractivity contribution in [3.05, 3.63) is 59.9 Å². The fourth-order valence-corrected chi connectivity index (χ4v) is 2.54. The SMILES string of the molecule is CCOC(=O)c1cccc(Oc2ccnc(N3C=CC(C)N3)c2)c1C. The Hall–Kier alpha value is -2.86. The first kappa shape index (κ1) is 17.0. The zero-order valence-corrected chi connectivity index (χ0v) is 14.5. The number of carbonyl (C=O) groups is 1. The Labute approximate surface area is 147 Å². The smallest absolute Gasteiger partial charge is 0.338 e. The van der Waals surface area contributed by atoms with Crippen LogP contribution in [-0.2, 0) is 4.74 Å². The summed E-state index contributed by atoms with van der Waals surface area (Å²) in [5.74, 6) is 1.64. The van der Waals surface area contributed by atoms with E-state index in [4.69, 9.17) is 9.47 Å². The van der Waals surface area contributed by atoms with Gasteiger partial charge in [0.25, 0.3) is 0 Å². The zero-order valence-electron chi connectivity index (χ0n) is 14.5. The molecule has 1 aromatic carbocycles. The lowest BCUT2D eigenvalue weighted by Gasteiger charge is -2.18. The summed E-state index contributed by atoms with van der Waals surface area (Å²) in [6, 6.07) is 9.22. The highest BCUT2D eigenvalue weighted by Crippen LogP contribution is 2.29. The molecular formula is C19H21N3O3. The van der Waals surface area contributed by atoms with Gasteiger partial charge in [-0.15, -0.1) is 0 Å². The highest BCUT2D eigenvalue weighted by Gasteiger charge is 2.16. The molecule has 6 heteroatoms. The first-order valence-electron chi connectivity index (χ1n) is 8.23. The molecule has 1 atom stereocenters. The Morgan fingerprint density at radius 3 is 2.92 bits per heavy atom. The van der Waals surface area contributed by atoms with Crippen LogP contribution in [0.15, 0.2) is 48.8 Å². The molecule has 0 fully saturated rings. The molecule has 0 aliphatic carbocycles. The molecule has 25 heavy (non-hydrogen) atoms. The fourth-order valence-electron chi connectivity index (χ4n) is 2.54. The number of nitrogens with zero attached hydrogens (tertiary/aromatic N) is 2. The van der Waals surface area contributed by atoms with Crippen molar-refractivity contribution >= 4 is 11.8 Å². The van der Waals surface area contributed by atoms with Crippen LogP contribution in [0, 0.1) is 6.92 Å². The summed E-state index contributed by atoms with van der Waals surface area (Å²) in [4.78, 5) is 16.4. The van der Waals surface area contributed by atoms with E-state index in [0.29, 0.717) is 23.7 Å². The van der Waals surface area contributed by atoms with Crippen molar-refractivity contribution in [2.75, 3.05) is 11.6 Å². The van der Waals surface area contributed by atoms with Gasteiger partial charge in [-0.05, 0) is 45.0 Å². The quantitative estimate of drug-likeness (QED) is 0.840. The summed E-state index contributed by atoms with van der Waals surface area (Å²) in [5.41, 5.74) is 4.50. The summed E-state index contributed by atoms with van der Waals surface area (Å²) >= 11 is 0. The number of anilines is 1. The summed E-state index contributed by atoms with van der Waals surface area (Å²) in [5, 5.41) is 1.85. The van der Waals surface area contributed by atoms with Crippen molar-refractivity contribution in [1.82, 2.24) is 10.4 Å². The zero-order chi connectivity index (χ0) is 17.8. The van der Waals surface area contributed by atoms with Crippen molar-refractivity contribution in [2.24, 2.45) is 0 Å². The van der Waals surface area contributed by atoms with Gasteiger partial charge >= 0.3 is 5.97 Å². The number of hydrogen-bond acceptors (Lipinski definition) is 6. The van der Waals surface area contributed by atoms with E-state index in [1.54, 1.807) is 31.3 Å². The number of esters is 1. The third-order valence-electron chi connectivity index (χ3n) is 3.84. The van der Waals surface area contributed by atoms with E-state index in [-0.39, 0.29) is 12.0 Å². The van der Waals surface area contributed by atoms with Crippen LogP contribution in [-0.4, -0.2) is 23.6 Å². The van der Waals surface area contributed by atoms with E-state index < -0.39 is 0 Å². The second kappa shape index (κ2) is 7.36. The van der Waals surface area contributed by atoms with Gasteiger partial charge in [0.1, 0.15) is 11.5 Å². The lowest BCUT2D eigenvalue weighted by molar-refractivity contribution is 0.0525. The van der Waals surface area contributed by atoms with Crippen LogP contribution < -0.4 is 15.2 Å². The summed E-state index contributed by atoms with van der Waals surface area (Å²) < 4.78 is 11.1. The third-order valence-corrected chi connectivity index (χ3v) is 3.84.